The van der Waals surface area contributed by atoms with Gasteiger partial charge in [-0.15, -0.1) is 0 Å². The third-order valence-corrected chi connectivity index (χ3v) is 5.79. The molecular formula is C26H24N6O2. The van der Waals surface area contributed by atoms with Crippen LogP contribution >= 0.6 is 0 Å². The lowest BCUT2D eigenvalue weighted by Crippen LogP contribution is -2.27. The average Bonchev–Trinajstić information content (AvgIpc) is 3.39. The lowest BCUT2D eigenvalue weighted by Gasteiger charge is -2.18. The van der Waals surface area contributed by atoms with E-state index in [1.807, 2.05) is 78.5 Å². The quantitative estimate of drug-likeness (QED) is 0.440. The fourth-order valence-electron chi connectivity index (χ4n) is 4.16. The van der Waals surface area contributed by atoms with Crippen molar-refractivity contribution in [2.75, 3.05) is 7.05 Å². The molecule has 0 spiro atoms. The summed E-state index contributed by atoms with van der Waals surface area (Å²) >= 11 is 0. The van der Waals surface area contributed by atoms with Gasteiger partial charge in [0.1, 0.15) is 0 Å². The van der Waals surface area contributed by atoms with Crippen molar-refractivity contribution < 1.29 is 4.79 Å². The van der Waals surface area contributed by atoms with Crippen LogP contribution in [0.15, 0.2) is 77.7 Å². The summed E-state index contributed by atoms with van der Waals surface area (Å²) in [4.78, 5) is 32.1. The van der Waals surface area contributed by atoms with Crippen molar-refractivity contribution in [3.63, 3.8) is 0 Å². The largest absolute Gasteiger partial charge is 0.337 e. The Morgan fingerprint density at radius 3 is 2.44 bits per heavy atom. The minimum atomic E-state index is -0.330. The molecule has 0 radical (unpaired) electrons. The van der Waals surface area contributed by atoms with Crippen LogP contribution in [0.4, 0.5) is 0 Å². The number of carbonyl (C=O) groups is 1. The third kappa shape index (κ3) is 3.79. The summed E-state index contributed by atoms with van der Waals surface area (Å²) in [5, 5.41) is 7.82. The van der Waals surface area contributed by atoms with Crippen molar-refractivity contribution in [2.24, 2.45) is 7.05 Å². The summed E-state index contributed by atoms with van der Waals surface area (Å²) < 4.78 is 3.37. The highest BCUT2D eigenvalue weighted by Crippen LogP contribution is 2.25. The fraction of sp³-hybridized carbons (Fsp3) is 0.154. The van der Waals surface area contributed by atoms with Gasteiger partial charge in [0.2, 0.25) is 0 Å². The topological polar surface area (TPSA) is 88.8 Å². The Labute approximate surface area is 196 Å². The minimum absolute atomic E-state index is 0.251. The lowest BCUT2D eigenvalue weighted by atomic mass is 10.1. The van der Waals surface area contributed by atoms with Crippen LogP contribution in [-0.2, 0) is 13.6 Å². The molecule has 34 heavy (non-hydrogen) atoms. The molecular weight excluding hydrogens is 428 g/mol. The van der Waals surface area contributed by atoms with E-state index in [1.165, 1.54) is 0 Å². The first kappa shape index (κ1) is 21.4. The predicted octanol–water partition coefficient (Wildman–Crippen LogP) is 3.69. The monoisotopic (exact) mass is 452 g/mol. The van der Waals surface area contributed by atoms with Gasteiger partial charge in [-0.05, 0) is 25.1 Å². The van der Waals surface area contributed by atoms with E-state index in [2.05, 4.69) is 10.1 Å². The molecule has 3 heterocycles. The number of nitrogens with zero attached hydrogens (tertiary/aromatic N) is 5. The number of hydrogen-bond donors (Lipinski definition) is 1. The first-order chi connectivity index (χ1) is 16.4. The van der Waals surface area contributed by atoms with Gasteiger partial charge in [0, 0.05) is 43.7 Å². The Morgan fingerprint density at radius 1 is 1.06 bits per heavy atom. The first-order valence-electron chi connectivity index (χ1n) is 10.9. The molecule has 2 aromatic carbocycles. The molecule has 0 aliphatic carbocycles. The van der Waals surface area contributed by atoms with E-state index >= 15 is 0 Å². The number of fused-ring (bicyclic) bond motifs is 1. The maximum atomic E-state index is 13.5. The Hall–Kier alpha value is -4.46. The zero-order valence-corrected chi connectivity index (χ0v) is 19.2. The van der Waals surface area contributed by atoms with Crippen LogP contribution in [0.5, 0.6) is 0 Å². The number of pyridine rings is 1. The second kappa shape index (κ2) is 8.47. The number of aromatic nitrogens is 5. The van der Waals surface area contributed by atoms with Crippen molar-refractivity contribution in [1.29, 1.82) is 0 Å². The number of rotatable bonds is 5. The summed E-state index contributed by atoms with van der Waals surface area (Å²) in [7, 11) is 3.44. The van der Waals surface area contributed by atoms with Gasteiger partial charge in [-0.3, -0.25) is 19.4 Å². The Morgan fingerprint density at radius 2 is 1.74 bits per heavy atom. The Bertz CT molecular complexity index is 1550. The molecule has 3 aromatic heterocycles. The van der Waals surface area contributed by atoms with E-state index < -0.39 is 0 Å². The van der Waals surface area contributed by atoms with Gasteiger partial charge in [0.25, 0.3) is 11.5 Å². The molecule has 8 nitrogen and oxygen atoms in total. The summed E-state index contributed by atoms with van der Waals surface area (Å²) in [5.41, 5.74) is 4.74. The van der Waals surface area contributed by atoms with Crippen LogP contribution < -0.4 is 5.56 Å². The molecule has 0 bridgehead atoms. The zero-order valence-electron chi connectivity index (χ0n) is 19.2. The van der Waals surface area contributed by atoms with Crippen LogP contribution in [0.3, 0.4) is 0 Å². The summed E-state index contributed by atoms with van der Waals surface area (Å²) in [6.07, 6.45) is 1.95. The SMILES string of the molecule is Cc1cc(C(=O)N(C)Cc2cn(-c3ccccc3)nc2-c2ccccc2)c2c(=O)[nH]n(C)c2n1. The summed E-state index contributed by atoms with van der Waals surface area (Å²) in [5.74, 6) is -0.251. The molecule has 0 unspecified atom stereocenters. The van der Waals surface area contributed by atoms with Crippen LogP contribution in [-0.4, -0.2) is 42.4 Å². The number of amides is 1. The van der Waals surface area contributed by atoms with E-state index in [9.17, 15) is 9.59 Å². The molecule has 0 saturated heterocycles. The smallest absolute Gasteiger partial charge is 0.274 e. The van der Waals surface area contributed by atoms with Crippen LogP contribution in [0, 0.1) is 6.92 Å². The molecule has 0 fully saturated rings. The molecule has 5 rings (SSSR count). The number of carbonyl (C=O) groups excluding carboxylic acids is 1. The summed E-state index contributed by atoms with van der Waals surface area (Å²) in [6.45, 7) is 2.13. The van der Waals surface area contributed by atoms with E-state index in [4.69, 9.17) is 5.10 Å². The van der Waals surface area contributed by atoms with Gasteiger partial charge in [0.15, 0.2) is 5.65 Å². The van der Waals surface area contributed by atoms with Crippen LogP contribution in [0.1, 0.15) is 21.6 Å². The second-order valence-corrected chi connectivity index (χ2v) is 8.32. The average molecular weight is 453 g/mol. The van der Waals surface area contributed by atoms with Gasteiger partial charge < -0.3 is 4.90 Å². The van der Waals surface area contributed by atoms with Crippen LogP contribution in [0.2, 0.25) is 0 Å². The molecule has 0 saturated carbocycles. The number of para-hydroxylation sites is 1. The number of aryl methyl sites for hydroxylation is 2. The molecule has 5 aromatic rings. The maximum absolute atomic E-state index is 13.5. The predicted molar refractivity (Wildman–Crippen MR) is 131 cm³/mol. The molecule has 0 aliphatic heterocycles. The first-order valence-corrected chi connectivity index (χ1v) is 10.9. The van der Waals surface area contributed by atoms with Gasteiger partial charge >= 0.3 is 0 Å². The number of hydrogen-bond acceptors (Lipinski definition) is 4. The summed E-state index contributed by atoms with van der Waals surface area (Å²) in [6, 6.07) is 21.4. The Kier molecular flexibility index (Phi) is 5.33. The second-order valence-electron chi connectivity index (χ2n) is 8.32. The number of nitrogens with one attached hydrogen (secondary N) is 1. The molecule has 1 amide bonds. The third-order valence-electron chi connectivity index (χ3n) is 5.79. The normalized spacial score (nSPS) is 11.1. The highest BCUT2D eigenvalue weighted by atomic mass is 16.2. The van der Waals surface area contributed by atoms with Crippen molar-refractivity contribution >= 4 is 16.9 Å². The molecule has 0 aliphatic rings. The van der Waals surface area contributed by atoms with E-state index in [1.54, 1.807) is 29.7 Å². The minimum Gasteiger partial charge on any atom is -0.337 e. The fourth-order valence-corrected chi connectivity index (χ4v) is 4.16. The van der Waals surface area contributed by atoms with Crippen molar-refractivity contribution in [2.45, 2.75) is 13.5 Å². The molecule has 170 valence electrons. The van der Waals surface area contributed by atoms with Crippen LogP contribution in [0.25, 0.3) is 28.0 Å². The van der Waals surface area contributed by atoms with E-state index in [0.717, 1.165) is 22.5 Å². The standard InChI is InChI=1S/C26H24N6O2/c1-17-14-21(22-24(27-17)31(3)29-25(22)33)26(34)30(2)15-19-16-32(20-12-8-5-9-13-20)28-23(19)18-10-6-4-7-11-18/h4-14,16H,15H2,1-3H3,(H,29,33). The molecule has 8 heteroatoms. The van der Waals surface area contributed by atoms with Gasteiger partial charge in [0.05, 0.1) is 22.3 Å². The maximum Gasteiger partial charge on any atom is 0.274 e. The number of H-pyrrole nitrogens is 1. The van der Waals surface area contributed by atoms with Crippen molar-refractivity contribution in [3.05, 3.63) is 100 Å². The van der Waals surface area contributed by atoms with Gasteiger partial charge in [-0.2, -0.15) is 5.10 Å². The zero-order chi connectivity index (χ0) is 23.8. The number of aromatic amines is 1. The number of benzene rings is 2. The van der Waals surface area contributed by atoms with E-state index in [0.29, 0.717) is 28.8 Å². The lowest BCUT2D eigenvalue weighted by molar-refractivity contribution is 0.0787. The molecule has 0 atom stereocenters. The van der Waals surface area contributed by atoms with Gasteiger partial charge in [-0.1, -0.05) is 48.5 Å². The molecule has 1 N–H and O–H groups in total. The highest BCUT2D eigenvalue weighted by molar-refractivity contribution is 6.05. The van der Waals surface area contributed by atoms with Crippen molar-refractivity contribution in [3.8, 4) is 16.9 Å². The highest BCUT2D eigenvalue weighted by Gasteiger charge is 2.22. The van der Waals surface area contributed by atoms with E-state index in [-0.39, 0.29) is 11.5 Å². The Balaban J connectivity index is 1.55. The van der Waals surface area contributed by atoms with Crippen molar-refractivity contribution in [1.82, 2.24) is 29.4 Å². The van der Waals surface area contributed by atoms with Gasteiger partial charge in [-0.25, -0.2) is 9.67 Å².